The average Bonchev–Trinajstić information content (AvgIpc) is 2.33. The molecule has 3 heteroatoms. The molecule has 3 rings (SSSR count). The predicted molar refractivity (Wildman–Crippen MR) is 72.8 cm³/mol. The number of halogens is 2. The number of hydrogen-bond donors (Lipinski definition) is 1. The zero-order valence-corrected chi connectivity index (χ0v) is 10.5. The summed E-state index contributed by atoms with van der Waals surface area (Å²) >= 11 is 5.97. The third kappa shape index (κ3) is 1.97. The molecule has 0 radical (unpaired) electrons. The topological polar surface area (TPSA) is 12.0 Å². The molecule has 92 valence electrons. The maximum absolute atomic E-state index is 13.6. The van der Waals surface area contributed by atoms with Crippen LogP contribution in [-0.4, -0.2) is 6.54 Å². The van der Waals surface area contributed by atoms with Crippen LogP contribution >= 0.6 is 11.6 Å². The standard InChI is InChI=1S/C15H13ClFN/c16-13-6-3-7-14(17)15(13)18-9-11-8-10-4-1-2-5-12(10)11/h1-7,11,18H,8-9H2. The van der Waals surface area contributed by atoms with Crippen molar-refractivity contribution in [2.45, 2.75) is 12.3 Å². The number of fused-ring (bicyclic) bond motifs is 1. The first-order valence-corrected chi connectivity index (χ1v) is 6.39. The zero-order valence-electron chi connectivity index (χ0n) is 9.79. The van der Waals surface area contributed by atoms with Crippen molar-refractivity contribution in [3.05, 3.63) is 64.4 Å². The quantitative estimate of drug-likeness (QED) is 0.872. The Morgan fingerprint density at radius 3 is 2.78 bits per heavy atom. The minimum Gasteiger partial charge on any atom is -0.381 e. The van der Waals surface area contributed by atoms with E-state index >= 15 is 0 Å². The first kappa shape index (κ1) is 11.5. The summed E-state index contributed by atoms with van der Waals surface area (Å²) in [4.78, 5) is 0. The second-order valence-corrected chi connectivity index (χ2v) is 4.98. The van der Waals surface area contributed by atoms with E-state index in [0.29, 0.717) is 16.6 Å². The third-order valence-electron chi connectivity index (χ3n) is 3.45. The van der Waals surface area contributed by atoms with Crippen LogP contribution in [0.3, 0.4) is 0 Å². The molecule has 0 heterocycles. The molecule has 0 spiro atoms. The van der Waals surface area contributed by atoms with Gasteiger partial charge in [0.25, 0.3) is 0 Å². The molecular weight excluding hydrogens is 249 g/mol. The molecule has 1 atom stereocenters. The van der Waals surface area contributed by atoms with Crippen LogP contribution in [-0.2, 0) is 6.42 Å². The Hall–Kier alpha value is -1.54. The van der Waals surface area contributed by atoms with Gasteiger partial charge in [-0.2, -0.15) is 0 Å². The number of rotatable bonds is 3. The monoisotopic (exact) mass is 261 g/mol. The summed E-state index contributed by atoms with van der Waals surface area (Å²) in [5.41, 5.74) is 3.16. The second kappa shape index (κ2) is 4.62. The largest absolute Gasteiger partial charge is 0.381 e. The summed E-state index contributed by atoms with van der Waals surface area (Å²) in [5, 5.41) is 3.55. The molecule has 0 aliphatic heterocycles. The summed E-state index contributed by atoms with van der Waals surface area (Å²) in [6, 6.07) is 13.1. The Morgan fingerprint density at radius 2 is 2.00 bits per heavy atom. The summed E-state index contributed by atoms with van der Waals surface area (Å²) in [6.45, 7) is 0.720. The highest BCUT2D eigenvalue weighted by molar-refractivity contribution is 6.33. The molecule has 1 N–H and O–H groups in total. The van der Waals surface area contributed by atoms with Gasteiger partial charge >= 0.3 is 0 Å². The predicted octanol–water partition coefficient (Wildman–Crippen LogP) is 4.23. The molecular formula is C15H13ClFN. The van der Waals surface area contributed by atoms with Gasteiger partial charge in [0.2, 0.25) is 0 Å². The van der Waals surface area contributed by atoms with Gasteiger partial charge in [0.05, 0.1) is 10.7 Å². The third-order valence-corrected chi connectivity index (χ3v) is 3.76. The van der Waals surface area contributed by atoms with E-state index in [4.69, 9.17) is 11.6 Å². The molecule has 1 nitrogen and oxygen atoms in total. The maximum Gasteiger partial charge on any atom is 0.147 e. The van der Waals surface area contributed by atoms with Crippen LogP contribution in [0.4, 0.5) is 10.1 Å². The van der Waals surface area contributed by atoms with E-state index < -0.39 is 0 Å². The van der Waals surface area contributed by atoms with E-state index in [1.807, 2.05) is 6.07 Å². The van der Waals surface area contributed by atoms with Crippen molar-refractivity contribution in [3.8, 4) is 0 Å². The molecule has 0 saturated carbocycles. The summed E-state index contributed by atoms with van der Waals surface area (Å²) in [5.74, 6) is 0.159. The fourth-order valence-electron chi connectivity index (χ4n) is 2.44. The van der Waals surface area contributed by atoms with Crippen LogP contribution in [0.1, 0.15) is 17.0 Å². The second-order valence-electron chi connectivity index (χ2n) is 4.58. The van der Waals surface area contributed by atoms with E-state index in [0.717, 1.165) is 13.0 Å². The average molecular weight is 262 g/mol. The van der Waals surface area contributed by atoms with Crippen molar-refractivity contribution in [1.29, 1.82) is 0 Å². The lowest BCUT2D eigenvalue weighted by molar-refractivity contribution is 0.614. The Balaban J connectivity index is 1.70. The van der Waals surface area contributed by atoms with Gasteiger partial charge < -0.3 is 5.32 Å². The van der Waals surface area contributed by atoms with Gasteiger partial charge in [0, 0.05) is 12.5 Å². The number of benzene rings is 2. The Bertz CT molecular complexity index is 562. The lowest BCUT2D eigenvalue weighted by atomic mass is 9.77. The van der Waals surface area contributed by atoms with Gasteiger partial charge in [-0.3, -0.25) is 0 Å². The van der Waals surface area contributed by atoms with Crippen LogP contribution in [0.2, 0.25) is 5.02 Å². The maximum atomic E-state index is 13.6. The van der Waals surface area contributed by atoms with Gasteiger partial charge in [0.15, 0.2) is 0 Å². The number of nitrogens with one attached hydrogen (secondary N) is 1. The molecule has 0 saturated heterocycles. The first-order chi connectivity index (χ1) is 8.75. The molecule has 0 fully saturated rings. The van der Waals surface area contributed by atoms with Gasteiger partial charge in [-0.1, -0.05) is 41.9 Å². The number of para-hydroxylation sites is 1. The van der Waals surface area contributed by atoms with Crippen LogP contribution in [0.25, 0.3) is 0 Å². The SMILES string of the molecule is Fc1cccc(Cl)c1NCC1Cc2ccccc21. The molecule has 0 bridgehead atoms. The molecule has 2 aromatic rings. The molecule has 2 aromatic carbocycles. The van der Waals surface area contributed by atoms with Crippen molar-refractivity contribution in [1.82, 2.24) is 0 Å². The zero-order chi connectivity index (χ0) is 12.5. The van der Waals surface area contributed by atoms with Crippen molar-refractivity contribution in [2.24, 2.45) is 0 Å². The molecule has 0 aromatic heterocycles. The van der Waals surface area contributed by atoms with Crippen molar-refractivity contribution in [3.63, 3.8) is 0 Å². The van der Waals surface area contributed by atoms with E-state index in [1.54, 1.807) is 12.1 Å². The molecule has 1 aliphatic rings. The van der Waals surface area contributed by atoms with Gasteiger partial charge in [-0.05, 0) is 29.7 Å². The minimum atomic E-state index is -0.296. The highest BCUT2D eigenvalue weighted by Gasteiger charge is 2.25. The van der Waals surface area contributed by atoms with Crippen LogP contribution in [0.15, 0.2) is 42.5 Å². The fraction of sp³-hybridized carbons (Fsp3) is 0.200. The van der Waals surface area contributed by atoms with Gasteiger partial charge in [-0.25, -0.2) is 4.39 Å². The normalized spacial score (nSPS) is 16.9. The Morgan fingerprint density at radius 1 is 1.17 bits per heavy atom. The smallest absolute Gasteiger partial charge is 0.147 e. The molecule has 0 amide bonds. The summed E-state index contributed by atoms with van der Waals surface area (Å²) in [7, 11) is 0. The van der Waals surface area contributed by atoms with E-state index in [2.05, 4.69) is 23.5 Å². The van der Waals surface area contributed by atoms with E-state index in [1.165, 1.54) is 17.2 Å². The van der Waals surface area contributed by atoms with Crippen LogP contribution in [0, 0.1) is 5.82 Å². The molecule has 1 aliphatic carbocycles. The highest BCUT2D eigenvalue weighted by atomic mass is 35.5. The lowest BCUT2D eigenvalue weighted by Crippen LogP contribution is -2.24. The number of anilines is 1. The lowest BCUT2D eigenvalue weighted by Gasteiger charge is -2.30. The molecule has 18 heavy (non-hydrogen) atoms. The summed E-state index contributed by atoms with van der Waals surface area (Å²) < 4.78 is 13.6. The fourth-order valence-corrected chi connectivity index (χ4v) is 2.67. The van der Waals surface area contributed by atoms with Gasteiger partial charge in [-0.15, -0.1) is 0 Å². The minimum absolute atomic E-state index is 0.296. The number of hydrogen-bond acceptors (Lipinski definition) is 1. The van der Waals surface area contributed by atoms with Crippen molar-refractivity contribution < 1.29 is 4.39 Å². The first-order valence-electron chi connectivity index (χ1n) is 6.01. The van der Waals surface area contributed by atoms with Crippen LogP contribution < -0.4 is 5.32 Å². The van der Waals surface area contributed by atoms with Crippen molar-refractivity contribution >= 4 is 17.3 Å². The van der Waals surface area contributed by atoms with E-state index in [9.17, 15) is 4.39 Å². The van der Waals surface area contributed by atoms with Gasteiger partial charge in [0.1, 0.15) is 5.82 Å². The highest BCUT2D eigenvalue weighted by Crippen LogP contribution is 2.35. The van der Waals surface area contributed by atoms with Crippen molar-refractivity contribution in [2.75, 3.05) is 11.9 Å². The summed E-state index contributed by atoms with van der Waals surface area (Å²) in [6.07, 6.45) is 1.05. The Kier molecular flexibility index (Phi) is 2.96. The van der Waals surface area contributed by atoms with Crippen LogP contribution in [0.5, 0.6) is 0 Å². The molecule has 1 unspecified atom stereocenters. The van der Waals surface area contributed by atoms with E-state index in [-0.39, 0.29) is 5.82 Å². The Labute approximate surface area is 111 Å².